The summed E-state index contributed by atoms with van der Waals surface area (Å²) in [5.41, 5.74) is 6.26. The molecule has 1 aliphatic carbocycles. The summed E-state index contributed by atoms with van der Waals surface area (Å²) in [4.78, 5) is 4.43. The maximum atomic E-state index is 5.79. The van der Waals surface area contributed by atoms with E-state index in [9.17, 15) is 0 Å². The molecule has 0 aromatic rings. The molecule has 3 N–H and O–H groups in total. The molecule has 1 aliphatic rings. The Bertz CT molecular complexity index is 222. The number of unbranched alkanes of at least 4 members (excludes halogenated alkanes) is 1. The lowest BCUT2D eigenvalue weighted by molar-refractivity contribution is 0.370. The number of aliphatic imine (C=N–C) groups is 1. The van der Waals surface area contributed by atoms with Crippen molar-refractivity contribution in [3.05, 3.63) is 0 Å². The van der Waals surface area contributed by atoms with E-state index in [1.807, 2.05) is 0 Å². The molecule has 0 bridgehead atoms. The molecule has 1 saturated carbocycles. The van der Waals surface area contributed by atoms with Gasteiger partial charge in [0.05, 0.1) is 0 Å². The van der Waals surface area contributed by atoms with E-state index in [0.717, 1.165) is 25.4 Å². The molecule has 1 fully saturated rings. The van der Waals surface area contributed by atoms with Gasteiger partial charge in [-0.05, 0) is 30.6 Å². The summed E-state index contributed by atoms with van der Waals surface area (Å²) in [6.45, 7) is 8.58. The summed E-state index contributed by atoms with van der Waals surface area (Å²) < 4.78 is 0. The van der Waals surface area contributed by atoms with Gasteiger partial charge in [-0.3, -0.25) is 4.99 Å². The normalized spacial score (nSPS) is 18.1. The third kappa shape index (κ3) is 4.89. The molecule has 4 heteroatoms. The van der Waals surface area contributed by atoms with Crippen molar-refractivity contribution in [3.63, 3.8) is 0 Å². The van der Waals surface area contributed by atoms with Gasteiger partial charge in [0, 0.05) is 13.1 Å². The van der Waals surface area contributed by atoms with Crippen LogP contribution in [-0.4, -0.2) is 19.0 Å². The van der Waals surface area contributed by atoms with Crippen LogP contribution in [0.25, 0.3) is 0 Å². The highest BCUT2D eigenvalue weighted by Gasteiger charge is 2.44. The van der Waals surface area contributed by atoms with Crippen molar-refractivity contribution in [1.29, 1.82) is 0 Å². The van der Waals surface area contributed by atoms with Crippen molar-refractivity contribution in [3.8, 4) is 0 Å². The number of rotatable bonds is 6. The van der Waals surface area contributed by atoms with Crippen molar-refractivity contribution >= 4 is 29.9 Å². The molecule has 0 aliphatic heterocycles. The Labute approximate surface area is 117 Å². The standard InChI is InChI=1S/C12H25N3.HI/c1-4-5-8-14-11(13)15-9-12(6-7-12)10(2)3;/h10H,4-9H2,1-3H3,(H3,13,14,15);1H. The number of hydrogen-bond donors (Lipinski definition) is 2. The minimum absolute atomic E-state index is 0. The predicted molar refractivity (Wildman–Crippen MR) is 81.3 cm³/mol. The van der Waals surface area contributed by atoms with Crippen LogP contribution in [0.5, 0.6) is 0 Å². The molecule has 0 radical (unpaired) electrons. The number of guanidine groups is 1. The van der Waals surface area contributed by atoms with Gasteiger partial charge in [0.1, 0.15) is 0 Å². The Morgan fingerprint density at radius 2 is 2.06 bits per heavy atom. The molecule has 0 aromatic heterocycles. The van der Waals surface area contributed by atoms with Gasteiger partial charge >= 0.3 is 0 Å². The molecular formula is C12H26IN3. The second-order valence-corrected chi connectivity index (χ2v) is 5.00. The zero-order valence-corrected chi connectivity index (χ0v) is 13.1. The molecule has 3 nitrogen and oxygen atoms in total. The number of hydrogen-bond acceptors (Lipinski definition) is 1. The van der Waals surface area contributed by atoms with E-state index in [0.29, 0.717) is 11.4 Å². The zero-order chi connectivity index (χ0) is 11.3. The summed E-state index contributed by atoms with van der Waals surface area (Å²) >= 11 is 0. The van der Waals surface area contributed by atoms with Gasteiger partial charge in [0.15, 0.2) is 5.96 Å². The molecule has 0 spiro atoms. The fourth-order valence-electron chi connectivity index (χ4n) is 1.77. The van der Waals surface area contributed by atoms with Crippen LogP contribution in [-0.2, 0) is 0 Å². The lowest BCUT2D eigenvalue weighted by atomic mass is 9.93. The highest BCUT2D eigenvalue weighted by atomic mass is 127. The first-order valence-corrected chi connectivity index (χ1v) is 6.14. The van der Waals surface area contributed by atoms with Crippen molar-refractivity contribution in [2.45, 2.75) is 46.5 Å². The smallest absolute Gasteiger partial charge is 0.188 e. The Hall–Kier alpha value is 0. The van der Waals surface area contributed by atoms with E-state index < -0.39 is 0 Å². The van der Waals surface area contributed by atoms with Crippen molar-refractivity contribution in [1.82, 2.24) is 5.32 Å². The maximum absolute atomic E-state index is 5.79. The predicted octanol–water partition coefficient (Wildman–Crippen LogP) is 2.75. The van der Waals surface area contributed by atoms with Gasteiger partial charge in [-0.2, -0.15) is 0 Å². The van der Waals surface area contributed by atoms with Crippen LogP contribution in [0.15, 0.2) is 4.99 Å². The van der Waals surface area contributed by atoms with Crippen molar-refractivity contribution < 1.29 is 0 Å². The Morgan fingerprint density at radius 3 is 2.50 bits per heavy atom. The summed E-state index contributed by atoms with van der Waals surface area (Å²) in [6.07, 6.45) is 4.98. The molecule has 0 aromatic carbocycles. The summed E-state index contributed by atoms with van der Waals surface area (Å²) in [7, 11) is 0. The number of nitrogens with zero attached hydrogens (tertiary/aromatic N) is 1. The van der Waals surface area contributed by atoms with Crippen LogP contribution in [0.3, 0.4) is 0 Å². The summed E-state index contributed by atoms with van der Waals surface area (Å²) in [5.74, 6) is 1.35. The third-order valence-electron chi connectivity index (χ3n) is 3.52. The van der Waals surface area contributed by atoms with E-state index in [1.165, 1.54) is 19.3 Å². The fraction of sp³-hybridized carbons (Fsp3) is 0.917. The van der Waals surface area contributed by atoms with E-state index in [4.69, 9.17) is 5.73 Å². The van der Waals surface area contributed by atoms with Gasteiger partial charge in [-0.1, -0.05) is 27.2 Å². The van der Waals surface area contributed by atoms with Crippen LogP contribution in [0, 0.1) is 11.3 Å². The van der Waals surface area contributed by atoms with Gasteiger partial charge in [-0.15, -0.1) is 24.0 Å². The monoisotopic (exact) mass is 339 g/mol. The van der Waals surface area contributed by atoms with Gasteiger partial charge in [0.2, 0.25) is 0 Å². The summed E-state index contributed by atoms with van der Waals surface area (Å²) in [6, 6.07) is 0. The average molecular weight is 339 g/mol. The van der Waals surface area contributed by atoms with E-state index in [-0.39, 0.29) is 24.0 Å². The first kappa shape index (κ1) is 16.0. The lowest BCUT2D eigenvalue weighted by Gasteiger charge is -2.17. The summed E-state index contributed by atoms with van der Waals surface area (Å²) in [5, 5.41) is 3.15. The largest absolute Gasteiger partial charge is 0.370 e. The highest BCUT2D eigenvalue weighted by Crippen LogP contribution is 2.51. The third-order valence-corrected chi connectivity index (χ3v) is 3.52. The number of halogens is 1. The lowest BCUT2D eigenvalue weighted by Crippen LogP contribution is -2.33. The molecule has 1 rings (SSSR count). The van der Waals surface area contributed by atoms with Gasteiger partial charge in [-0.25, -0.2) is 0 Å². The molecule has 96 valence electrons. The second-order valence-electron chi connectivity index (χ2n) is 5.00. The van der Waals surface area contributed by atoms with Crippen LogP contribution >= 0.6 is 24.0 Å². The average Bonchev–Trinajstić information content (AvgIpc) is 2.96. The molecular weight excluding hydrogens is 313 g/mol. The number of nitrogens with two attached hydrogens (primary N) is 1. The molecule has 0 amide bonds. The SMILES string of the molecule is CCCCNC(N)=NCC1(C(C)C)CC1.I. The first-order chi connectivity index (χ1) is 7.10. The molecule has 0 atom stereocenters. The maximum Gasteiger partial charge on any atom is 0.188 e. The van der Waals surface area contributed by atoms with Crippen molar-refractivity contribution in [2.75, 3.05) is 13.1 Å². The van der Waals surface area contributed by atoms with Crippen LogP contribution in [0.4, 0.5) is 0 Å². The van der Waals surface area contributed by atoms with Crippen molar-refractivity contribution in [2.24, 2.45) is 22.1 Å². The Balaban J connectivity index is 0.00000225. The minimum atomic E-state index is 0. The fourth-order valence-corrected chi connectivity index (χ4v) is 1.77. The van der Waals surface area contributed by atoms with E-state index in [2.05, 4.69) is 31.1 Å². The quantitative estimate of drug-likeness (QED) is 0.338. The topological polar surface area (TPSA) is 50.4 Å². The molecule has 0 heterocycles. The molecule has 0 unspecified atom stereocenters. The first-order valence-electron chi connectivity index (χ1n) is 6.14. The highest BCUT2D eigenvalue weighted by molar-refractivity contribution is 14.0. The van der Waals surface area contributed by atoms with Gasteiger partial charge < -0.3 is 11.1 Å². The van der Waals surface area contributed by atoms with Crippen LogP contribution in [0.2, 0.25) is 0 Å². The number of nitrogens with one attached hydrogen (secondary N) is 1. The molecule has 0 saturated heterocycles. The Morgan fingerprint density at radius 1 is 1.44 bits per heavy atom. The van der Waals surface area contributed by atoms with Crippen LogP contribution < -0.4 is 11.1 Å². The second kappa shape index (κ2) is 7.35. The van der Waals surface area contributed by atoms with E-state index >= 15 is 0 Å². The van der Waals surface area contributed by atoms with Crippen LogP contribution in [0.1, 0.15) is 46.5 Å². The minimum Gasteiger partial charge on any atom is -0.370 e. The van der Waals surface area contributed by atoms with E-state index in [1.54, 1.807) is 0 Å². The zero-order valence-electron chi connectivity index (χ0n) is 10.8. The Kier molecular flexibility index (Phi) is 7.35. The molecule has 16 heavy (non-hydrogen) atoms. The van der Waals surface area contributed by atoms with Gasteiger partial charge in [0.25, 0.3) is 0 Å².